The Kier molecular flexibility index (Phi) is 3.14. The van der Waals surface area contributed by atoms with Crippen LogP contribution in [0.5, 0.6) is 0 Å². The molecule has 1 heterocycles. The van der Waals surface area contributed by atoms with E-state index in [9.17, 15) is 0 Å². The zero-order valence-corrected chi connectivity index (χ0v) is 9.97. The van der Waals surface area contributed by atoms with E-state index >= 15 is 0 Å². The number of rotatable bonds is 3. The van der Waals surface area contributed by atoms with Crippen LogP contribution < -0.4 is 5.44 Å². The van der Waals surface area contributed by atoms with E-state index in [2.05, 4.69) is 15.4 Å². The Balaban J connectivity index is 2.97. The Morgan fingerprint density at radius 3 is 2.55 bits per heavy atom. The van der Waals surface area contributed by atoms with Crippen LogP contribution in [0.2, 0.25) is 0 Å². The summed E-state index contributed by atoms with van der Waals surface area (Å²) in [5, 5.41) is 8.27. The van der Waals surface area contributed by atoms with Crippen molar-refractivity contribution in [3.8, 4) is 0 Å². The van der Waals surface area contributed by atoms with Crippen LogP contribution >= 0.6 is 5.35 Å². The third-order valence-corrected chi connectivity index (χ3v) is 8.13. The van der Waals surface area contributed by atoms with E-state index in [1.165, 1.54) is 18.8 Å². The van der Waals surface area contributed by atoms with E-state index in [4.69, 9.17) is 9.05 Å². The van der Waals surface area contributed by atoms with Gasteiger partial charge in [-0.1, -0.05) is 0 Å². The number of aromatic amines is 1. The van der Waals surface area contributed by atoms with Gasteiger partial charge in [-0.05, 0) is 0 Å². The van der Waals surface area contributed by atoms with Crippen molar-refractivity contribution in [3.63, 3.8) is 0 Å². The molecule has 0 saturated heterocycles. The molecule has 0 aromatic carbocycles. The van der Waals surface area contributed by atoms with E-state index in [1.807, 2.05) is 0 Å². The van der Waals surface area contributed by atoms with Crippen LogP contribution in [0.15, 0.2) is 6.20 Å². The summed E-state index contributed by atoms with van der Waals surface area (Å²) < 4.78 is 10.5. The van der Waals surface area contributed by atoms with Crippen molar-refractivity contribution < 1.29 is 27.9 Å². The van der Waals surface area contributed by atoms with Gasteiger partial charge in [0.25, 0.3) is 0 Å². The molecule has 0 saturated carbocycles. The molecule has 0 bridgehead atoms. The number of aromatic nitrogens is 3. The van der Waals surface area contributed by atoms with Crippen LogP contribution in [0.4, 0.5) is 0 Å². The number of nitrogens with zero attached hydrogens (tertiary/aromatic N) is 2. The van der Waals surface area contributed by atoms with Gasteiger partial charge in [-0.3, -0.25) is 0 Å². The predicted molar refractivity (Wildman–Crippen MR) is 37.0 cm³/mol. The first-order chi connectivity index (χ1) is 5.23. The molecule has 0 aliphatic heterocycles. The van der Waals surface area contributed by atoms with E-state index < -0.39 is 5.35 Å². The number of hydrogen-bond donors (Lipinski definition) is 1. The fourth-order valence-corrected chi connectivity index (χ4v) is 2.43. The van der Waals surface area contributed by atoms with Crippen LogP contribution in [0, 0.1) is 0 Å². The first kappa shape index (κ1) is 9.27. The number of nitrogens with one attached hydrogen (secondary N) is 1. The third kappa shape index (κ3) is 1.85. The monoisotopic (exact) mass is 345 g/mol. The van der Waals surface area contributed by atoms with Gasteiger partial charge in [0.1, 0.15) is 0 Å². The topological polar surface area (TPSA) is 60.0 Å². The van der Waals surface area contributed by atoms with Crippen LogP contribution in [-0.2, 0) is 27.9 Å². The normalized spacial score (nSPS) is 11.8. The second-order valence-corrected chi connectivity index (χ2v) is 9.06. The molecule has 0 spiro atoms. The van der Waals surface area contributed by atoms with Gasteiger partial charge in [0.15, 0.2) is 0 Å². The van der Waals surface area contributed by atoms with Gasteiger partial charge >= 0.3 is 74.5 Å². The molecule has 1 rings (SSSR count). The quantitative estimate of drug-likeness (QED) is 0.786. The molecular weight excluding hydrogens is 337 g/mol. The minimum absolute atomic E-state index is 0.775. The maximum absolute atomic E-state index is 5.23. The third-order valence-electron chi connectivity index (χ3n) is 1.16. The summed E-state index contributed by atoms with van der Waals surface area (Å²) in [6.07, 6.45) is 1.63. The minimum atomic E-state index is -1.86. The van der Waals surface area contributed by atoms with Crippen LogP contribution in [-0.4, -0.2) is 29.6 Å². The summed E-state index contributed by atoms with van der Waals surface area (Å²) in [5.41, 5.74) is 0.775. The van der Waals surface area contributed by atoms with Crippen molar-refractivity contribution >= 4 is 10.8 Å². The molecule has 0 radical (unpaired) electrons. The van der Waals surface area contributed by atoms with E-state index in [1.54, 1.807) is 20.4 Å². The molecule has 0 unspecified atom stereocenters. The van der Waals surface area contributed by atoms with Gasteiger partial charge in [-0.2, -0.15) is 0 Å². The van der Waals surface area contributed by atoms with Gasteiger partial charge in [0.05, 0.1) is 0 Å². The zero-order chi connectivity index (χ0) is 8.32. The first-order valence-electron chi connectivity index (χ1n) is 2.81. The van der Waals surface area contributed by atoms with Crippen LogP contribution in [0.25, 0.3) is 0 Å². The van der Waals surface area contributed by atoms with Gasteiger partial charge in [-0.15, -0.1) is 0 Å². The second-order valence-electron chi connectivity index (χ2n) is 1.69. The molecule has 0 aliphatic rings. The molecule has 7 heteroatoms. The van der Waals surface area contributed by atoms with E-state index in [-0.39, 0.29) is 0 Å². The zero-order valence-electron chi connectivity index (χ0n) is 6.14. The summed E-state index contributed by atoms with van der Waals surface area (Å²) in [4.78, 5) is 0. The van der Waals surface area contributed by atoms with Gasteiger partial charge in [0, 0.05) is 0 Å². The Morgan fingerprint density at radius 1 is 1.55 bits per heavy atom. The van der Waals surface area contributed by atoms with Crippen molar-refractivity contribution in [2.75, 3.05) is 14.2 Å². The van der Waals surface area contributed by atoms with Crippen LogP contribution in [0.1, 0.15) is 0 Å². The van der Waals surface area contributed by atoms with Crippen molar-refractivity contribution in [1.82, 2.24) is 15.4 Å². The molecule has 1 aromatic heterocycles. The molecule has 0 atom stereocenters. The number of hydrogen-bond acceptors (Lipinski definition) is 4. The molecule has 0 amide bonds. The Hall–Kier alpha value is 0.178. The van der Waals surface area contributed by atoms with Gasteiger partial charge < -0.3 is 0 Å². The summed E-state index contributed by atoms with van der Waals surface area (Å²) in [7, 11) is 3.25. The first-order valence-corrected chi connectivity index (χ1v) is 8.28. The molecule has 11 heavy (non-hydrogen) atoms. The van der Waals surface area contributed by atoms with E-state index in [0.717, 1.165) is 5.44 Å². The van der Waals surface area contributed by atoms with Gasteiger partial charge in [0.2, 0.25) is 0 Å². The molecule has 0 fully saturated rings. The standard InChI is InChI=1S/C4H8N3O2P.W/c1-8-10(9-2)4-3-5-7-6-4;/h3H,1-2H3,(H,5,6,7);. The van der Waals surface area contributed by atoms with Crippen molar-refractivity contribution in [1.29, 1.82) is 0 Å². The van der Waals surface area contributed by atoms with Crippen molar-refractivity contribution in [2.24, 2.45) is 0 Å². The van der Waals surface area contributed by atoms with E-state index in [0.29, 0.717) is 0 Å². The van der Waals surface area contributed by atoms with Gasteiger partial charge in [-0.25, -0.2) is 0 Å². The molecule has 0 aliphatic carbocycles. The van der Waals surface area contributed by atoms with Crippen molar-refractivity contribution in [3.05, 3.63) is 6.20 Å². The number of H-pyrrole nitrogens is 1. The Morgan fingerprint density at radius 2 is 2.18 bits per heavy atom. The SMILES string of the molecule is CO[P](=[W])(OC)c1cn[nH]n1. The molecule has 1 aromatic rings. The summed E-state index contributed by atoms with van der Waals surface area (Å²) >= 11 is 1.24. The molecule has 1 N–H and O–H groups in total. The molecular formula is C4H8N3O2PW. The predicted octanol–water partition coefficient (Wildman–Crippen LogP) is 0.0322. The summed E-state index contributed by atoms with van der Waals surface area (Å²) in [6, 6.07) is 0. The Labute approximate surface area is 74.8 Å². The fourth-order valence-electron chi connectivity index (χ4n) is 0.589. The summed E-state index contributed by atoms with van der Waals surface area (Å²) in [5.74, 6) is 0. The average molecular weight is 345 g/mol. The molecule has 62 valence electrons. The second kappa shape index (κ2) is 3.72. The Bertz CT molecular complexity index is 254. The van der Waals surface area contributed by atoms with Crippen molar-refractivity contribution in [2.45, 2.75) is 0 Å². The summed E-state index contributed by atoms with van der Waals surface area (Å²) in [6.45, 7) is 0. The van der Waals surface area contributed by atoms with Crippen LogP contribution in [0.3, 0.4) is 0 Å². The fraction of sp³-hybridized carbons (Fsp3) is 0.500. The maximum atomic E-state index is 5.23. The average Bonchev–Trinajstić information content (AvgIpc) is 2.55. The molecule has 5 nitrogen and oxygen atoms in total.